The van der Waals surface area contributed by atoms with Gasteiger partial charge in [-0.1, -0.05) is 30.7 Å². The molecule has 6 nitrogen and oxygen atoms in total. The summed E-state index contributed by atoms with van der Waals surface area (Å²) in [5.41, 5.74) is 1.10. The highest BCUT2D eigenvalue weighted by Gasteiger charge is 2.25. The number of urea groups is 1. The summed E-state index contributed by atoms with van der Waals surface area (Å²) >= 11 is 5.96. The monoisotopic (exact) mass is 347 g/mol. The fraction of sp³-hybridized carbons (Fsp3) is 0.471. The van der Waals surface area contributed by atoms with Crippen LogP contribution in [0.2, 0.25) is 5.02 Å². The largest absolute Gasteiger partial charge is 0.338 e. The Morgan fingerprint density at radius 1 is 1.46 bits per heavy atom. The third-order valence-corrected chi connectivity index (χ3v) is 4.36. The number of nitrogens with one attached hydrogen (secondary N) is 2. The number of carbonyl (C=O) groups is 1. The molecule has 0 unspecified atom stereocenters. The van der Waals surface area contributed by atoms with Gasteiger partial charge in [-0.05, 0) is 37.0 Å². The van der Waals surface area contributed by atoms with Gasteiger partial charge >= 0.3 is 6.03 Å². The van der Waals surface area contributed by atoms with Crippen LogP contribution in [-0.2, 0) is 19.4 Å². The molecule has 0 fully saturated rings. The van der Waals surface area contributed by atoms with Crippen LogP contribution in [0.4, 0.5) is 4.79 Å². The first-order chi connectivity index (χ1) is 11.7. The average molecular weight is 348 g/mol. The number of aryl methyl sites for hydroxylation is 2. The van der Waals surface area contributed by atoms with Crippen LogP contribution in [-0.4, -0.2) is 27.3 Å². The summed E-state index contributed by atoms with van der Waals surface area (Å²) in [6, 6.07) is 7.43. The number of fused-ring (bicyclic) bond motifs is 1. The zero-order valence-corrected chi connectivity index (χ0v) is 14.5. The molecule has 1 aliphatic rings. The molecule has 1 aromatic carbocycles. The van der Waals surface area contributed by atoms with E-state index in [0.29, 0.717) is 11.6 Å². The molecule has 0 aliphatic carbocycles. The van der Waals surface area contributed by atoms with Gasteiger partial charge in [-0.3, -0.25) is 0 Å². The van der Waals surface area contributed by atoms with Crippen LogP contribution in [0, 0.1) is 0 Å². The zero-order chi connectivity index (χ0) is 16.9. The van der Waals surface area contributed by atoms with E-state index in [-0.39, 0.29) is 12.1 Å². The third-order valence-electron chi connectivity index (χ3n) is 4.13. The Morgan fingerprint density at radius 2 is 2.33 bits per heavy atom. The Balaban J connectivity index is 1.51. The third kappa shape index (κ3) is 4.06. The molecule has 3 rings (SSSR count). The molecule has 128 valence electrons. The summed E-state index contributed by atoms with van der Waals surface area (Å²) in [5.74, 6) is 1.70. The highest BCUT2D eigenvalue weighted by Crippen LogP contribution is 2.23. The normalized spacial score (nSPS) is 16.5. The van der Waals surface area contributed by atoms with Crippen molar-refractivity contribution in [2.75, 3.05) is 6.54 Å². The van der Waals surface area contributed by atoms with Gasteiger partial charge in [0.2, 0.25) is 0 Å². The maximum absolute atomic E-state index is 12.1. The topological polar surface area (TPSA) is 71.8 Å². The first-order valence-corrected chi connectivity index (χ1v) is 8.76. The summed E-state index contributed by atoms with van der Waals surface area (Å²) in [5, 5.41) is 11.1. The first kappa shape index (κ1) is 16.8. The minimum atomic E-state index is -0.170. The Morgan fingerprint density at radius 3 is 3.12 bits per heavy atom. The van der Waals surface area contributed by atoms with Gasteiger partial charge in [0.25, 0.3) is 0 Å². The summed E-state index contributed by atoms with van der Waals surface area (Å²) in [6.45, 7) is 3.47. The van der Waals surface area contributed by atoms with Crippen molar-refractivity contribution in [1.82, 2.24) is 25.4 Å². The van der Waals surface area contributed by atoms with Crippen molar-refractivity contribution in [2.24, 2.45) is 0 Å². The molecule has 0 saturated carbocycles. The van der Waals surface area contributed by atoms with Gasteiger partial charge in [-0.2, -0.15) is 5.10 Å². The first-order valence-electron chi connectivity index (χ1n) is 8.38. The van der Waals surface area contributed by atoms with E-state index in [0.717, 1.165) is 49.4 Å². The van der Waals surface area contributed by atoms with Gasteiger partial charge in [-0.15, -0.1) is 0 Å². The van der Waals surface area contributed by atoms with Crippen LogP contribution in [0.15, 0.2) is 24.3 Å². The van der Waals surface area contributed by atoms with E-state index in [9.17, 15) is 4.79 Å². The van der Waals surface area contributed by atoms with Gasteiger partial charge in [0.05, 0.1) is 6.04 Å². The molecule has 2 aromatic rings. The molecule has 0 spiro atoms. The fourth-order valence-electron chi connectivity index (χ4n) is 2.91. The van der Waals surface area contributed by atoms with Crippen LogP contribution in [0.3, 0.4) is 0 Å². The van der Waals surface area contributed by atoms with Gasteiger partial charge in [-0.25, -0.2) is 14.5 Å². The molecule has 7 heteroatoms. The highest BCUT2D eigenvalue weighted by atomic mass is 35.5. The SMILES string of the molecule is CCc1nc2n(n1)CCC[C@H]2NC(=O)NCCc1cccc(Cl)c1. The number of hydrogen-bond donors (Lipinski definition) is 2. The second kappa shape index (κ2) is 7.66. The molecule has 1 aliphatic heterocycles. The predicted molar refractivity (Wildman–Crippen MR) is 93.1 cm³/mol. The van der Waals surface area contributed by atoms with Gasteiger partial charge < -0.3 is 10.6 Å². The number of hydrogen-bond acceptors (Lipinski definition) is 3. The van der Waals surface area contributed by atoms with Crippen molar-refractivity contribution < 1.29 is 4.79 Å². The number of amides is 2. The van der Waals surface area contributed by atoms with Crippen LogP contribution in [0.5, 0.6) is 0 Å². The van der Waals surface area contributed by atoms with Gasteiger partial charge in [0.1, 0.15) is 5.82 Å². The number of carbonyl (C=O) groups excluding carboxylic acids is 1. The number of benzene rings is 1. The molecule has 0 saturated heterocycles. The number of aromatic nitrogens is 3. The molecule has 2 amide bonds. The minimum absolute atomic E-state index is 0.0716. The van der Waals surface area contributed by atoms with E-state index < -0.39 is 0 Å². The van der Waals surface area contributed by atoms with Crippen molar-refractivity contribution in [3.63, 3.8) is 0 Å². The van der Waals surface area contributed by atoms with E-state index in [1.165, 1.54) is 0 Å². The summed E-state index contributed by atoms with van der Waals surface area (Å²) in [6.07, 6.45) is 3.43. The lowest BCUT2D eigenvalue weighted by Gasteiger charge is -2.23. The highest BCUT2D eigenvalue weighted by molar-refractivity contribution is 6.30. The minimum Gasteiger partial charge on any atom is -0.338 e. The molecule has 24 heavy (non-hydrogen) atoms. The summed E-state index contributed by atoms with van der Waals surface area (Å²) in [4.78, 5) is 16.7. The van der Waals surface area contributed by atoms with Crippen molar-refractivity contribution in [1.29, 1.82) is 0 Å². The van der Waals surface area contributed by atoms with Crippen LogP contribution in [0.25, 0.3) is 0 Å². The number of nitrogens with zero attached hydrogens (tertiary/aromatic N) is 3. The zero-order valence-electron chi connectivity index (χ0n) is 13.8. The lowest BCUT2D eigenvalue weighted by atomic mass is 10.1. The molecule has 0 bridgehead atoms. The van der Waals surface area contributed by atoms with Crippen molar-refractivity contribution in [3.8, 4) is 0 Å². The molecule has 0 radical (unpaired) electrons. The standard InChI is InChI=1S/C17H22ClN5O/c1-2-15-21-16-14(7-4-10-23(16)22-15)20-17(24)19-9-8-12-5-3-6-13(18)11-12/h3,5-6,11,14H,2,4,7-10H2,1H3,(H2,19,20,24)/t14-/m1/s1. The van der Waals surface area contributed by atoms with E-state index >= 15 is 0 Å². The predicted octanol–water partition coefficient (Wildman–Crippen LogP) is 2.87. The quantitative estimate of drug-likeness (QED) is 0.873. The average Bonchev–Trinajstić information content (AvgIpc) is 2.99. The lowest BCUT2D eigenvalue weighted by Crippen LogP contribution is -2.40. The van der Waals surface area contributed by atoms with Crippen LogP contribution in [0.1, 0.15) is 43.0 Å². The van der Waals surface area contributed by atoms with E-state index in [1.807, 2.05) is 35.9 Å². The Bertz CT molecular complexity index is 715. The van der Waals surface area contributed by atoms with E-state index in [1.54, 1.807) is 0 Å². The number of halogens is 1. The Hall–Kier alpha value is -2.08. The second-order valence-electron chi connectivity index (χ2n) is 5.94. The van der Waals surface area contributed by atoms with Crippen molar-refractivity contribution >= 4 is 17.6 Å². The lowest BCUT2D eigenvalue weighted by molar-refractivity contribution is 0.233. The molecule has 1 aromatic heterocycles. The Kier molecular flexibility index (Phi) is 5.35. The van der Waals surface area contributed by atoms with Crippen molar-refractivity contribution in [2.45, 2.75) is 45.2 Å². The van der Waals surface area contributed by atoms with E-state index in [4.69, 9.17) is 11.6 Å². The second-order valence-corrected chi connectivity index (χ2v) is 6.37. The van der Waals surface area contributed by atoms with Gasteiger partial charge in [0.15, 0.2) is 5.82 Å². The summed E-state index contributed by atoms with van der Waals surface area (Å²) in [7, 11) is 0. The summed E-state index contributed by atoms with van der Waals surface area (Å²) < 4.78 is 1.92. The smallest absolute Gasteiger partial charge is 0.315 e. The van der Waals surface area contributed by atoms with Crippen LogP contribution >= 0.6 is 11.6 Å². The fourth-order valence-corrected chi connectivity index (χ4v) is 3.12. The molecule has 2 N–H and O–H groups in total. The molecular formula is C17H22ClN5O. The Labute approximate surface area is 146 Å². The number of rotatable bonds is 5. The van der Waals surface area contributed by atoms with E-state index in [2.05, 4.69) is 20.7 Å². The van der Waals surface area contributed by atoms with Gasteiger partial charge in [0, 0.05) is 24.5 Å². The molecular weight excluding hydrogens is 326 g/mol. The van der Waals surface area contributed by atoms with Crippen LogP contribution < -0.4 is 10.6 Å². The molecule has 2 heterocycles. The maximum Gasteiger partial charge on any atom is 0.315 e. The maximum atomic E-state index is 12.1. The van der Waals surface area contributed by atoms with Crippen molar-refractivity contribution in [3.05, 3.63) is 46.5 Å². The molecule has 1 atom stereocenters.